The summed E-state index contributed by atoms with van der Waals surface area (Å²) in [6.45, 7) is 5.37. The number of rotatable bonds is 8. The molecule has 0 aliphatic carbocycles. The minimum Gasteiger partial charge on any atom is -0.341 e. The van der Waals surface area contributed by atoms with Crippen LogP contribution >= 0.6 is 11.8 Å². The van der Waals surface area contributed by atoms with Crippen molar-refractivity contribution in [3.63, 3.8) is 0 Å². The third-order valence-electron chi connectivity index (χ3n) is 5.25. The Bertz CT molecular complexity index is 1200. The van der Waals surface area contributed by atoms with Crippen LogP contribution in [-0.4, -0.2) is 48.2 Å². The monoisotopic (exact) mass is 446 g/mol. The van der Waals surface area contributed by atoms with E-state index in [0.717, 1.165) is 39.9 Å². The standard InChI is InChI=1S/C24H26N6OS/c1-4-29-23(21-13-9-8-10-18(21)2)26-27-24(29)32-17-22(31)28(3)15-19-14-25-30(16-19)20-11-6-5-7-12-20/h5-14,16H,4,15,17H2,1-3H3. The lowest BCUT2D eigenvalue weighted by Gasteiger charge is -2.16. The highest BCUT2D eigenvalue weighted by Crippen LogP contribution is 2.26. The Labute approximate surface area is 192 Å². The van der Waals surface area contributed by atoms with Crippen molar-refractivity contribution in [2.45, 2.75) is 32.1 Å². The van der Waals surface area contributed by atoms with Gasteiger partial charge in [0.25, 0.3) is 0 Å². The number of carbonyl (C=O) groups excluding carboxylic acids is 1. The second-order valence-corrected chi connectivity index (χ2v) is 8.48. The zero-order chi connectivity index (χ0) is 22.5. The van der Waals surface area contributed by atoms with Gasteiger partial charge in [0.2, 0.25) is 5.91 Å². The predicted molar refractivity (Wildman–Crippen MR) is 127 cm³/mol. The van der Waals surface area contributed by atoms with Gasteiger partial charge in [-0.05, 0) is 31.5 Å². The molecule has 4 rings (SSSR count). The predicted octanol–water partition coefficient (Wildman–Crippen LogP) is 4.21. The second kappa shape index (κ2) is 9.82. The Morgan fingerprint density at radius 2 is 1.81 bits per heavy atom. The number of amides is 1. The van der Waals surface area contributed by atoms with Crippen LogP contribution in [0.4, 0.5) is 0 Å². The highest BCUT2D eigenvalue weighted by atomic mass is 32.2. The molecule has 0 spiro atoms. The normalized spacial score (nSPS) is 11.0. The summed E-state index contributed by atoms with van der Waals surface area (Å²) < 4.78 is 3.88. The molecule has 0 aliphatic heterocycles. The Balaban J connectivity index is 1.39. The van der Waals surface area contributed by atoms with Gasteiger partial charge in [0.05, 0.1) is 17.6 Å². The van der Waals surface area contributed by atoms with Gasteiger partial charge in [-0.2, -0.15) is 5.10 Å². The van der Waals surface area contributed by atoms with Crippen LogP contribution in [0, 0.1) is 6.92 Å². The lowest BCUT2D eigenvalue weighted by Crippen LogP contribution is -2.27. The van der Waals surface area contributed by atoms with E-state index in [0.29, 0.717) is 12.3 Å². The van der Waals surface area contributed by atoms with Crippen molar-refractivity contribution in [3.05, 3.63) is 78.1 Å². The lowest BCUT2D eigenvalue weighted by molar-refractivity contribution is -0.127. The minimum atomic E-state index is 0.0329. The van der Waals surface area contributed by atoms with Crippen LogP contribution in [0.2, 0.25) is 0 Å². The summed E-state index contributed by atoms with van der Waals surface area (Å²) in [6.07, 6.45) is 3.75. The van der Waals surface area contributed by atoms with E-state index in [9.17, 15) is 4.79 Å². The largest absolute Gasteiger partial charge is 0.341 e. The lowest BCUT2D eigenvalue weighted by atomic mass is 10.1. The fourth-order valence-electron chi connectivity index (χ4n) is 3.47. The zero-order valence-electron chi connectivity index (χ0n) is 18.5. The average Bonchev–Trinajstić information content (AvgIpc) is 3.45. The Kier molecular flexibility index (Phi) is 6.70. The molecule has 4 aromatic rings. The molecule has 0 bridgehead atoms. The molecule has 7 nitrogen and oxygen atoms in total. The van der Waals surface area contributed by atoms with Gasteiger partial charge in [-0.25, -0.2) is 4.68 Å². The molecule has 0 N–H and O–H groups in total. The maximum Gasteiger partial charge on any atom is 0.233 e. The zero-order valence-corrected chi connectivity index (χ0v) is 19.3. The minimum absolute atomic E-state index is 0.0329. The topological polar surface area (TPSA) is 68.8 Å². The van der Waals surface area contributed by atoms with Crippen molar-refractivity contribution in [2.24, 2.45) is 0 Å². The molecule has 2 aromatic carbocycles. The van der Waals surface area contributed by atoms with Gasteiger partial charge < -0.3 is 9.47 Å². The first-order valence-corrected chi connectivity index (χ1v) is 11.5. The van der Waals surface area contributed by atoms with Crippen LogP contribution in [0.1, 0.15) is 18.1 Å². The van der Waals surface area contributed by atoms with E-state index < -0.39 is 0 Å². The maximum absolute atomic E-state index is 12.7. The van der Waals surface area contributed by atoms with Crippen LogP contribution in [-0.2, 0) is 17.9 Å². The molecule has 1 amide bonds. The van der Waals surface area contributed by atoms with Crippen molar-refractivity contribution < 1.29 is 4.79 Å². The van der Waals surface area contributed by atoms with Crippen LogP contribution in [0.5, 0.6) is 0 Å². The van der Waals surface area contributed by atoms with Crippen molar-refractivity contribution in [1.82, 2.24) is 29.4 Å². The molecular weight excluding hydrogens is 420 g/mol. The summed E-state index contributed by atoms with van der Waals surface area (Å²) in [4.78, 5) is 14.5. The summed E-state index contributed by atoms with van der Waals surface area (Å²) in [5.41, 5.74) is 4.19. The molecular formula is C24H26N6OS. The van der Waals surface area contributed by atoms with Crippen LogP contribution in [0.25, 0.3) is 17.1 Å². The van der Waals surface area contributed by atoms with Gasteiger partial charge in [-0.3, -0.25) is 4.79 Å². The van der Waals surface area contributed by atoms with E-state index in [1.165, 1.54) is 11.8 Å². The highest BCUT2D eigenvalue weighted by Gasteiger charge is 2.17. The quantitative estimate of drug-likeness (QED) is 0.379. The molecule has 0 atom stereocenters. The van der Waals surface area contributed by atoms with Crippen LogP contribution in [0.3, 0.4) is 0 Å². The number of para-hydroxylation sites is 1. The summed E-state index contributed by atoms with van der Waals surface area (Å²) >= 11 is 1.42. The van der Waals surface area contributed by atoms with Crippen molar-refractivity contribution in [2.75, 3.05) is 12.8 Å². The van der Waals surface area contributed by atoms with E-state index in [2.05, 4.69) is 45.8 Å². The van der Waals surface area contributed by atoms with Crippen LogP contribution in [0.15, 0.2) is 72.1 Å². The molecule has 0 saturated heterocycles. The number of benzene rings is 2. The van der Waals surface area contributed by atoms with Crippen molar-refractivity contribution in [1.29, 1.82) is 0 Å². The third-order valence-corrected chi connectivity index (χ3v) is 6.20. The summed E-state index contributed by atoms with van der Waals surface area (Å²) in [5.74, 6) is 1.17. The second-order valence-electron chi connectivity index (χ2n) is 7.53. The number of thioether (sulfide) groups is 1. The van der Waals surface area contributed by atoms with E-state index in [1.54, 1.807) is 11.1 Å². The molecule has 8 heteroatoms. The average molecular weight is 447 g/mol. The van der Waals surface area contributed by atoms with Gasteiger partial charge in [0.1, 0.15) is 0 Å². The summed E-state index contributed by atoms with van der Waals surface area (Å²) in [6, 6.07) is 18.0. The molecule has 0 fully saturated rings. The summed E-state index contributed by atoms with van der Waals surface area (Å²) in [7, 11) is 1.81. The fraction of sp³-hybridized carbons (Fsp3) is 0.250. The van der Waals surface area contributed by atoms with Crippen molar-refractivity contribution >= 4 is 17.7 Å². The van der Waals surface area contributed by atoms with E-state index in [-0.39, 0.29) is 5.91 Å². The Morgan fingerprint density at radius 3 is 2.56 bits per heavy atom. The number of nitrogens with zero attached hydrogens (tertiary/aromatic N) is 6. The van der Waals surface area contributed by atoms with Gasteiger partial charge in [0, 0.05) is 37.5 Å². The number of aryl methyl sites for hydroxylation is 1. The van der Waals surface area contributed by atoms with Crippen LogP contribution < -0.4 is 0 Å². The Hall–Kier alpha value is -3.39. The van der Waals surface area contributed by atoms with E-state index in [4.69, 9.17) is 0 Å². The number of aromatic nitrogens is 5. The third kappa shape index (κ3) is 4.75. The molecule has 0 saturated carbocycles. The first kappa shape index (κ1) is 21.8. The smallest absolute Gasteiger partial charge is 0.233 e. The SMILES string of the molecule is CCn1c(SCC(=O)N(C)Cc2cnn(-c3ccccc3)c2)nnc1-c1ccccc1C. The molecule has 164 valence electrons. The number of hydrogen-bond acceptors (Lipinski definition) is 5. The molecule has 32 heavy (non-hydrogen) atoms. The van der Waals surface area contributed by atoms with Crippen molar-refractivity contribution in [3.8, 4) is 17.1 Å². The highest BCUT2D eigenvalue weighted by molar-refractivity contribution is 7.99. The maximum atomic E-state index is 12.7. The fourth-order valence-corrected chi connectivity index (χ4v) is 4.41. The number of carbonyl (C=O) groups is 1. The first-order valence-electron chi connectivity index (χ1n) is 10.5. The number of hydrogen-bond donors (Lipinski definition) is 0. The molecule has 0 radical (unpaired) electrons. The molecule has 0 unspecified atom stereocenters. The van der Waals surface area contributed by atoms with Gasteiger partial charge >= 0.3 is 0 Å². The molecule has 2 aromatic heterocycles. The van der Waals surface area contributed by atoms with Gasteiger partial charge in [-0.15, -0.1) is 10.2 Å². The summed E-state index contributed by atoms with van der Waals surface area (Å²) in [5, 5.41) is 13.9. The van der Waals surface area contributed by atoms with Gasteiger partial charge in [0.15, 0.2) is 11.0 Å². The first-order chi connectivity index (χ1) is 15.6. The van der Waals surface area contributed by atoms with E-state index in [1.807, 2.05) is 60.4 Å². The van der Waals surface area contributed by atoms with E-state index >= 15 is 0 Å². The molecule has 0 aliphatic rings. The molecule has 2 heterocycles. The Morgan fingerprint density at radius 1 is 1.06 bits per heavy atom. The van der Waals surface area contributed by atoms with Gasteiger partial charge in [-0.1, -0.05) is 54.2 Å².